The summed E-state index contributed by atoms with van der Waals surface area (Å²) < 4.78 is 6.17. The first kappa shape index (κ1) is 15.4. The minimum absolute atomic E-state index is 0.277. The van der Waals surface area contributed by atoms with Crippen molar-refractivity contribution >= 4 is 0 Å². The largest absolute Gasteiger partial charge is 0.367 e. The topological polar surface area (TPSA) is 61.0 Å². The highest BCUT2D eigenvalue weighted by molar-refractivity contribution is 5.15. The van der Waals surface area contributed by atoms with Crippen LogP contribution in [0.4, 0.5) is 0 Å². The number of aromatic nitrogens is 2. The smallest absolute Gasteiger partial charge is 0.160 e. The normalized spacial score (nSPS) is 18.8. The second-order valence-corrected chi connectivity index (χ2v) is 5.70. The van der Waals surface area contributed by atoms with Gasteiger partial charge in [-0.2, -0.15) is 0 Å². The zero-order valence-corrected chi connectivity index (χ0v) is 12.8. The van der Waals surface area contributed by atoms with Crippen molar-refractivity contribution in [2.24, 2.45) is 5.73 Å². The van der Waals surface area contributed by atoms with Gasteiger partial charge in [-0.1, -0.05) is 25.7 Å². The second-order valence-electron chi connectivity index (χ2n) is 5.70. The average molecular weight is 277 g/mol. The third-order valence-electron chi connectivity index (χ3n) is 4.05. The maximum Gasteiger partial charge on any atom is 0.160 e. The molecule has 2 N–H and O–H groups in total. The van der Waals surface area contributed by atoms with E-state index in [0.29, 0.717) is 13.2 Å². The maximum absolute atomic E-state index is 6.17. The number of aryl methyl sites for hydroxylation is 1. The van der Waals surface area contributed by atoms with Crippen LogP contribution < -0.4 is 5.73 Å². The third kappa shape index (κ3) is 3.55. The lowest BCUT2D eigenvalue weighted by molar-refractivity contribution is -0.0626. The molecule has 0 bridgehead atoms. The molecule has 1 aromatic heterocycles. The highest BCUT2D eigenvalue weighted by Gasteiger charge is 2.36. The van der Waals surface area contributed by atoms with Crippen molar-refractivity contribution in [3.63, 3.8) is 0 Å². The maximum atomic E-state index is 6.17. The predicted octanol–water partition coefficient (Wildman–Crippen LogP) is 2.87. The molecule has 0 atom stereocenters. The van der Waals surface area contributed by atoms with Crippen LogP contribution in [0.1, 0.15) is 62.7 Å². The molecular formula is C16H27N3O. The van der Waals surface area contributed by atoms with Crippen molar-refractivity contribution < 1.29 is 4.74 Å². The number of hydrogen-bond donors (Lipinski definition) is 1. The van der Waals surface area contributed by atoms with Gasteiger partial charge in [0.05, 0.1) is 0 Å². The Balaban J connectivity index is 2.36. The lowest BCUT2D eigenvalue weighted by Crippen LogP contribution is -2.32. The lowest BCUT2D eigenvalue weighted by atomic mass is 9.92. The van der Waals surface area contributed by atoms with Gasteiger partial charge < -0.3 is 10.5 Å². The Labute approximate surface area is 122 Å². The quantitative estimate of drug-likeness (QED) is 0.841. The van der Waals surface area contributed by atoms with Crippen molar-refractivity contribution in [2.75, 3.05) is 13.2 Å². The van der Waals surface area contributed by atoms with Crippen LogP contribution in [0.25, 0.3) is 0 Å². The van der Waals surface area contributed by atoms with E-state index in [0.717, 1.165) is 36.5 Å². The molecule has 0 saturated heterocycles. The van der Waals surface area contributed by atoms with Gasteiger partial charge in [-0.25, -0.2) is 9.97 Å². The summed E-state index contributed by atoms with van der Waals surface area (Å²) >= 11 is 0. The number of hydrogen-bond acceptors (Lipinski definition) is 4. The summed E-state index contributed by atoms with van der Waals surface area (Å²) in [5.74, 6) is 0.879. The first-order valence-electron chi connectivity index (χ1n) is 7.89. The van der Waals surface area contributed by atoms with Gasteiger partial charge in [-0.3, -0.25) is 0 Å². The number of ether oxygens (including phenoxy) is 1. The van der Waals surface area contributed by atoms with Gasteiger partial charge in [0.2, 0.25) is 0 Å². The minimum atomic E-state index is -0.277. The van der Waals surface area contributed by atoms with Crippen LogP contribution in [0.15, 0.2) is 6.07 Å². The van der Waals surface area contributed by atoms with Crippen molar-refractivity contribution in [3.05, 3.63) is 23.3 Å². The molecule has 1 saturated carbocycles. The van der Waals surface area contributed by atoms with E-state index in [2.05, 4.69) is 6.92 Å². The molecule has 0 unspecified atom stereocenters. The van der Waals surface area contributed by atoms with Gasteiger partial charge in [0.25, 0.3) is 0 Å². The molecular weight excluding hydrogens is 250 g/mol. The Hall–Kier alpha value is -1.00. The van der Waals surface area contributed by atoms with E-state index in [9.17, 15) is 0 Å². The standard InChI is InChI=1S/C16H27N3O/c1-3-20-16(9-6-4-5-7-10-16)15-18-13(2)12-14(19-15)8-11-17/h12H,3-11,17H2,1-2H3. The Morgan fingerprint density at radius 1 is 1.20 bits per heavy atom. The van der Waals surface area contributed by atoms with E-state index in [4.69, 9.17) is 20.4 Å². The van der Waals surface area contributed by atoms with Gasteiger partial charge in [-0.15, -0.1) is 0 Å². The molecule has 2 rings (SSSR count). The molecule has 1 aliphatic rings. The molecule has 1 aromatic rings. The number of nitrogens with zero attached hydrogens (tertiary/aromatic N) is 2. The molecule has 112 valence electrons. The van der Waals surface area contributed by atoms with E-state index in [1.807, 2.05) is 13.0 Å². The van der Waals surface area contributed by atoms with E-state index in [1.165, 1.54) is 25.7 Å². The van der Waals surface area contributed by atoms with Crippen LogP contribution in [0.3, 0.4) is 0 Å². The molecule has 4 nitrogen and oxygen atoms in total. The van der Waals surface area contributed by atoms with Gasteiger partial charge in [0.15, 0.2) is 5.82 Å². The zero-order chi connectivity index (χ0) is 14.4. The summed E-state index contributed by atoms with van der Waals surface area (Å²) in [7, 11) is 0. The van der Waals surface area contributed by atoms with Gasteiger partial charge in [0, 0.05) is 24.4 Å². The second kappa shape index (κ2) is 7.14. The van der Waals surface area contributed by atoms with Crippen molar-refractivity contribution in [1.29, 1.82) is 0 Å². The Kier molecular flexibility index (Phi) is 5.49. The van der Waals surface area contributed by atoms with Crippen LogP contribution in [0.2, 0.25) is 0 Å². The Morgan fingerprint density at radius 2 is 1.90 bits per heavy atom. The zero-order valence-electron chi connectivity index (χ0n) is 12.8. The molecule has 0 spiro atoms. The molecule has 1 heterocycles. The first-order valence-corrected chi connectivity index (χ1v) is 7.89. The van der Waals surface area contributed by atoms with Crippen molar-refractivity contribution in [2.45, 2.75) is 64.4 Å². The van der Waals surface area contributed by atoms with Crippen molar-refractivity contribution in [3.8, 4) is 0 Å². The minimum Gasteiger partial charge on any atom is -0.367 e. The van der Waals surface area contributed by atoms with Gasteiger partial charge in [0.1, 0.15) is 5.60 Å². The molecule has 1 aliphatic carbocycles. The summed E-state index contributed by atoms with van der Waals surface area (Å²) in [6.45, 7) is 5.42. The molecule has 4 heteroatoms. The van der Waals surface area contributed by atoms with E-state index >= 15 is 0 Å². The molecule has 0 aliphatic heterocycles. The fraction of sp³-hybridized carbons (Fsp3) is 0.750. The van der Waals surface area contributed by atoms with Crippen LogP contribution in [0.5, 0.6) is 0 Å². The van der Waals surface area contributed by atoms with E-state index in [1.54, 1.807) is 0 Å². The monoisotopic (exact) mass is 277 g/mol. The van der Waals surface area contributed by atoms with Crippen LogP contribution >= 0.6 is 0 Å². The summed E-state index contributed by atoms with van der Waals surface area (Å²) in [6.07, 6.45) is 7.84. The van der Waals surface area contributed by atoms with Crippen LogP contribution in [-0.2, 0) is 16.8 Å². The average Bonchev–Trinajstić information content (AvgIpc) is 2.65. The first-order chi connectivity index (χ1) is 9.70. The summed E-state index contributed by atoms with van der Waals surface area (Å²) in [6, 6.07) is 2.03. The fourth-order valence-electron chi connectivity index (χ4n) is 3.12. The van der Waals surface area contributed by atoms with E-state index in [-0.39, 0.29) is 5.60 Å². The fourth-order valence-corrected chi connectivity index (χ4v) is 3.12. The number of nitrogens with two attached hydrogens (primary N) is 1. The van der Waals surface area contributed by atoms with Crippen LogP contribution in [-0.4, -0.2) is 23.1 Å². The van der Waals surface area contributed by atoms with Crippen molar-refractivity contribution in [1.82, 2.24) is 9.97 Å². The third-order valence-corrected chi connectivity index (χ3v) is 4.05. The van der Waals surface area contributed by atoms with E-state index < -0.39 is 0 Å². The molecule has 20 heavy (non-hydrogen) atoms. The lowest BCUT2D eigenvalue weighted by Gasteiger charge is -2.31. The Bertz CT molecular complexity index is 426. The van der Waals surface area contributed by atoms with Gasteiger partial charge in [-0.05, 0) is 39.3 Å². The molecule has 0 radical (unpaired) electrons. The SMILES string of the molecule is CCOC1(c2nc(C)cc(CCN)n2)CCCCCC1. The molecule has 0 aromatic carbocycles. The van der Waals surface area contributed by atoms with Gasteiger partial charge >= 0.3 is 0 Å². The molecule has 1 fully saturated rings. The summed E-state index contributed by atoms with van der Waals surface area (Å²) in [5.41, 5.74) is 7.44. The highest BCUT2D eigenvalue weighted by Crippen LogP contribution is 2.37. The number of rotatable bonds is 5. The summed E-state index contributed by atoms with van der Waals surface area (Å²) in [4.78, 5) is 9.46. The summed E-state index contributed by atoms with van der Waals surface area (Å²) in [5, 5.41) is 0. The predicted molar refractivity (Wildman–Crippen MR) is 80.5 cm³/mol. The molecule has 0 amide bonds. The van der Waals surface area contributed by atoms with Crippen LogP contribution in [0, 0.1) is 6.92 Å². The highest BCUT2D eigenvalue weighted by atomic mass is 16.5. The Morgan fingerprint density at radius 3 is 2.50 bits per heavy atom.